The quantitative estimate of drug-likeness (QED) is 0.744. The maximum absolute atomic E-state index is 11.9. The summed E-state index contributed by atoms with van der Waals surface area (Å²) in [5.41, 5.74) is 1.74. The Bertz CT molecular complexity index is 656. The maximum Gasteiger partial charge on any atom is 0.153 e. The van der Waals surface area contributed by atoms with Crippen LogP contribution >= 0.6 is 24.0 Å². The van der Waals surface area contributed by atoms with Crippen LogP contribution in [0.2, 0.25) is 0 Å². The van der Waals surface area contributed by atoms with E-state index in [1.807, 2.05) is 36.9 Å². The topological polar surface area (TPSA) is 37.4 Å². The molecule has 2 aliphatic heterocycles. The van der Waals surface area contributed by atoms with Gasteiger partial charge in [0, 0.05) is 5.69 Å². The second-order valence-electron chi connectivity index (χ2n) is 5.46. The van der Waals surface area contributed by atoms with Gasteiger partial charge in [-0.05, 0) is 31.5 Å². The molecule has 1 aromatic carbocycles. The Morgan fingerprint density at radius 3 is 2.89 bits per heavy atom. The van der Waals surface area contributed by atoms with Crippen molar-refractivity contribution >= 4 is 43.8 Å². The van der Waals surface area contributed by atoms with Crippen LogP contribution in [0, 0.1) is 6.92 Å². The number of fused-ring (bicyclic) bond motifs is 1. The van der Waals surface area contributed by atoms with Crippen LogP contribution < -0.4 is 4.90 Å². The molecule has 19 heavy (non-hydrogen) atoms. The molecular weight excluding hydrogens is 298 g/mol. The summed E-state index contributed by atoms with van der Waals surface area (Å²) in [5.74, 6) is 0.419. The predicted molar refractivity (Wildman–Crippen MR) is 84.7 cm³/mol. The number of hydrogen-bond donors (Lipinski definition) is 0. The summed E-state index contributed by atoms with van der Waals surface area (Å²) in [4.78, 5) is 2.04. The van der Waals surface area contributed by atoms with Crippen LogP contribution in [0.15, 0.2) is 24.3 Å². The Morgan fingerprint density at radius 2 is 2.21 bits per heavy atom. The number of anilines is 1. The normalized spacial score (nSPS) is 32.6. The van der Waals surface area contributed by atoms with Crippen molar-refractivity contribution in [2.24, 2.45) is 0 Å². The molecule has 0 amide bonds. The summed E-state index contributed by atoms with van der Waals surface area (Å²) in [6.45, 7) is 4.04. The molecule has 6 heteroatoms. The van der Waals surface area contributed by atoms with Crippen LogP contribution in [-0.2, 0) is 9.84 Å². The van der Waals surface area contributed by atoms with Crippen molar-refractivity contribution in [3.63, 3.8) is 0 Å². The fourth-order valence-electron chi connectivity index (χ4n) is 2.93. The smallest absolute Gasteiger partial charge is 0.153 e. The Kier molecular flexibility index (Phi) is 2.96. The minimum Gasteiger partial charge on any atom is -0.319 e. The molecule has 3 rings (SSSR count). The third-order valence-corrected chi connectivity index (χ3v) is 7.70. The molecular formula is C13H15NO2S3. The first kappa shape index (κ1) is 13.4. The van der Waals surface area contributed by atoms with E-state index >= 15 is 0 Å². The number of sulfone groups is 1. The van der Waals surface area contributed by atoms with Gasteiger partial charge in [0.1, 0.15) is 4.32 Å². The molecule has 3 nitrogen and oxygen atoms in total. The minimum atomic E-state index is -2.96. The molecule has 0 spiro atoms. The Labute approximate surface area is 123 Å². The highest BCUT2D eigenvalue weighted by molar-refractivity contribution is 8.24. The van der Waals surface area contributed by atoms with Gasteiger partial charge in [-0.15, -0.1) is 0 Å². The highest BCUT2D eigenvalue weighted by Gasteiger charge is 2.57. The van der Waals surface area contributed by atoms with Gasteiger partial charge in [0.05, 0.1) is 22.3 Å². The van der Waals surface area contributed by atoms with Crippen molar-refractivity contribution in [2.75, 3.05) is 16.4 Å². The van der Waals surface area contributed by atoms with Crippen molar-refractivity contribution in [1.29, 1.82) is 0 Å². The molecule has 0 aromatic heterocycles. The average molecular weight is 313 g/mol. The summed E-state index contributed by atoms with van der Waals surface area (Å²) in [6.07, 6.45) is 0. The maximum atomic E-state index is 11.9. The van der Waals surface area contributed by atoms with Gasteiger partial charge in [0.2, 0.25) is 0 Å². The zero-order valence-electron chi connectivity index (χ0n) is 10.8. The minimum absolute atomic E-state index is 0.0468. The van der Waals surface area contributed by atoms with Gasteiger partial charge in [-0.25, -0.2) is 8.42 Å². The first-order valence-corrected chi connectivity index (χ1v) is 9.21. The molecule has 2 fully saturated rings. The summed E-state index contributed by atoms with van der Waals surface area (Å²) in [5, 5.41) is 0.0468. The molecule has 0 radical (unpaired) electrons. The lowest BCUT2D eigenvalue weighted by atomic mass is 9.98. The van der Waals surface area contributed by atoms with E-state index in [2.05, 4.69) is 6.07 Å². The number of nitrogens with zero attached hydrogens (tertiary/aromatic N) is 1. The monoisotopic (exact) mass is 313 g/mol. The van der Waals surface area contributed by atoms with Gasteiger partial charge in [-0.2, -0.15) is 0 Å². The summed E-state index contributed by atoms with van der Waals surface area (Å²) in [7, 11) is -2.96. The van der Waals surface area contributed by atoms with Crippen molar-refractivity contribution in [1.82, 2.24) is 0 Å². The van der Waals surface area contributed by atoms with E-state index in [1.165, 1.54) is 11.8 Å². The first-order chi connectivity index (χ1) is 8.82. The third-order valence-electron chi connectivity index (χ3n) is 3.81. The average Bonchev–Trinajstić information content (AvgIpc) is 2.60. The van der Waals surface area contributed by atoms with Crippen LogP contribution in [0.1, 0.15) is 12.5 Å². The van der Waals surface area contributed by atoms with Gasteiger partial charge >= 0.3 is 0 Å². The standard InChI is InChI=1S/C13H15NO2S3/c1-9-4-3-5-10(6-9)14-12(17)18-11-7-19(15,16)8-13(11,14)2/h3-6,11H,7-8H2,1-2H3/t11-,13+/m1/s1. The fourth-order valence-corrected chi connectivity index (χ4v) is 7.85. The van der Waals surface area contributed by atoms with Crippen molar-refractivity contribution in [2.45, 2.75) is 24.6 Å². The zero-order valence-corrected chi connectivity index (χ0v) is 13.2. The molecule has 0 bridgehead atoms. The summed E-state index contributed by atoms with van der Waals surface area (Å²) >= 11 is 6.99. The molecule has 0 aliphatic carbocycles. The lowest BCUT2D eigenvalue weighted by Crippen LogP contribution is -2.49. The Hall–Kier alpha value is -0.590. The molecule has 2 heterocycles. The van der Waals surface area contributed by atoms with E-state index in [1.54, 1.807) is 0 Å². The Balaban J connectivity index is 2.08. The van der Waals surface area contributed by atoms with Crippen molar-refractivity contribution in [3.8, 4) is 0 Å². The largest absolute Gasteiger partial charge is 0.319 e. The fraction of sp³-hybridized carbons (Fsp3) is 0.462. The number of rotatable bonds is 1. The zero-order chi connectivity index (χ0) is 13.8. The lowest BCUT2D eigenvalue weighted by molar-refractivity contribution is 0.550. The molecule has 102 valence electrons. The second kappa shape index (κ2) is 4.20. The van der Waals surface area contributed by atoms with E-state index in [0.717, 1.165) is 15.6 Å². The molecule has 2 aliphatic rings. The van der Waals surface area contributed by atoms with Crippen molar-refractivity contribution < 1.29 is 8.42 Å². The number of benzene rings is 1. The summed E-state index contributed by atoms with van der Waals surface area (Å²) < 4.78 is 24.6. The van der Waals surface area contributed by atoms with Crippen LogP contribution in [0.5, 0.6) is 0 Å². The number of hydrogen-bond acceptors (Lipinski definition) is 4. The van der Waals surface area contributed by atoms with Gasteiger partial charge in [-0.3, -0.25) is 0 Å². The van der Waals surface area contributed by atoms with E-state index in [9.17, 15) is 8.42 Å². The van der Waals surface area contributed by atoms with Crippen LogP contribution in [0.25, 0.3) is 0 Å². The van der Waals surface area contributed by atoms with Crippen LogP contribution in [0.4, 0.5) is 5.69 Å². The predicted octanol–water partition coefficient (Wildman–Crippen LogP) is 2.39. The SMILES string of the molecule is Cc1cccc(N2C(=S)S[C@@H]3CS(=O)(=O)C[C@@]32C)c1. The van der Waals surface area contributed by atoms with Gasteiger partial charge in [0.25, 0.3) is 0 Å². The lowest BCUT2D eigenvalue weighted by Gasteiger charge is -2.34. The molecule has 2 atom stereocenters. The third kappa shape index (κ3) is 2.10. The van der Waals surface area contributed by atoms with Gasteiger partial charge in [0.15, 0.2) is 9.84 Å². The summed E-state index contributed by atoms with van der Waals surface area (Å²) in [6, 6.07) is 8.07. The molecule has 0 N–H and O–H groups in total. The highest BCUT2D eigenvalue weighted by Crippen LogP contribution is 2.48. The molecule has 1 aromatic rings. The van der Waals surface area contributed by atoms with Gasteiger partial charge in [-0.1, -0.05) is 36.1 Å². The second-order valence-corrected chi connectivity index (χ2v) is 9.40. The Morgan fingerprint density at radius 1 is 1.47 bits per heavy atom. The van der Waals surface area contributed by atoms with Gasteiger partial charge < -0.3 is 4.90 Å². The van der Waals surface area contributed by atoms with E-state index in [4.69, 9.17) is 12.2 Å². The van der Waals surface area contributed by atoms with E-state index < -0.39 is 15.4 Å². The first-order valence-electron chi connectivity index (χ1n) is 6.10. The highest BCUT2D eigenvalue weighted by atomic mass is 32.2. The van der Waals surface area contributed by atoms with Crippen LogP contribution in [-0.4, -0.2) is 35.0 Å². The number of aryl methyl sites for hydroxylation is 1. The van der Waals surface area contributed by atoms with Crippen molar-refractivity contribution in [3.05, 3.63) is 29.8 Å². The number of thioether (sulfide) groups is 1. The van der Waals surface area contributed by atoms with Crippen LogP contribution in [0.3, 0.4) is 0 Å². The van der Waals surface area contributed by atoms with E-state index in [0.29, 0.717) is 0 Å². The van der Waals surface area contributed by atoms with E-state index in [-0.39, 0.29) is 16.8 Å². The molecule has 0 saturated carbocycles. The molecule has 2 saturated heterocycles. The molecule has 0 unspecified atom stereocenters. The number of thiocarbonyl (C=S) groups is 1.